The molecule has 1 heterocycles. The van der Waals surface area contributed by atoms with E-state index in [0.717, 1.165) is 16.7 Å². The Balaban J connectivity index is 1.99. The third-order valence-electron chi connectivity index (χ3n) is 5.42. The van der Waals surface area contributed by atoms with Crippen LogP contribution in [-0.4, -0.2) is 16.8 Å². The summed E-state index contributed by atoms with van der Waals surface area (Å²) in [4.78, 5) is 27.7. The fraction of sp³-hybridized carbons (Fsp3) is 0.120. The van der Waals surface area contributed by atoms with Gasteiger partial charge in [0.25, 0.3) is 11.7 Å². The number of hydrogen-bond donors (Lipinski definition) is 1. The fourth-order valence-corrected chi connectivity index (χ4v) is 3.87. The van der Waals surface area contributed by atoms with Gasteiger partial charge in [-0.1, -0.05) is 42.5 Å². The van der Waals surface area contributed by atoms with Crippen LogP contribution in [0.2, 0.25) is 0 Å². The number of anilines is 1. The van der Waals surface area contributed by atoms with Gasteiger partial charge < -0.3 is 5.11 Å². The molecule has 0 bridgehead atoms. The number of carbonyl (C=O) groups excluding carboxylic acids is 2. The average molecular weight is 401 g/mol. The largest absolute Gasteiger partial charge is 0.507 e. The topological polar surface area (TPSA) is 57.6 Å². The number of nitrogens with zero attached hydrogens (tertiary/aromatic N) is 1. The molecular formula is C25H20FNO3. The first-order chi connectivity index (χ1) is 14.4. The second kappa shape index (κ2) is 7.59. The smallest absolute Gasteiger partial charge is 0.300 e. The lowest BCUT2D eigenvalue weighted by Gasteiger charge is -2.27. The van der Waals surface area contributed by atoms with E-state index in [0.29, 0.717) is 5.69 Å². The first kappa shape index (κ1) is 19.6. The van der Waals surface area contributed by atoms with Crippen molar-refractivity contribution in [3.8, 4) is 0 Å². The third-order valence-corrected chi connectivity index (χ3v) is 5.42. The Morgan fingerprint density at radius 2 is 1.47 bits per heavy atom. The van der Waals surface area contributed by atoms with Gasteiger partial charge in [-0.25, -0.2) is 4.39 Å². The van der Waals surface area contributed by atoms with E-state index in [2.05, 4.69) is 0 Å². The summed E-state index contributed by atoms with van der Waals surface area (Å²) < 4.78 is 13.4. The number of para-hydroxylation sites is 1. The molecule has 3 aromatic rings. The molecular weight excluding hydrogens is 381 g/mol. The van der Waals surface area contributed by atoms with Crippen LogP contribution in [0.25, 0.3) is 5.76 Å². The van der Waals surface area contributed by atoms with Crippen LogP contribution in [0.5, 0.6) is 0 Å². The van der Waals surface area contributed by atoms with Gasteiger partial charge in [-0.05, 0) is 60.9 Å². The molecule has 1 amide bonds. The maximum atomic E-state index is 13.4. The summed E-state index contributed by atoms with van der Waals surface area (Å²) in [6.07, 6.45) is 0. The minimum Gasteiger partial charge on any atom is -0.507 e. The molecule has 1 atom stereocenters. The molecule has 4 nitrogen and oxygen atoms in total. The maximum Gasteiger partial charge on any atom is 0.300 e. The van der Waals surface area contributed by atoms with Crippen molar-refractivity contribution in [3.05, 3.63) is 106 Å². The van der Waals surface area contributed by atoms with Crippen molar-refractivity contribution in [1.29, 1.82) is 0 Å². The van der Waals surface area contributed by atoms with Gasteiger partial charge in [0.1, 0.15) is 11.6 Å². The van der Waals surface area contributed by atoms with E-state index in [1.54, 1.807) is 12.1 Å². The van der Waals surface area contributed by atoms with Gasteiger partial charge in [-0.2, -0.15) is 0 Å². The van der Waals surface area contributed by atoms with Gasteiger partial charge in [-0.3, -0.25) is 14.5 Å². The summed E-state index contributed by atoms with van der Waals surface area (Å²) in [6.45, 7) is 3.76. The molecule has 1 aliphatic heterocycles. The summed E-state index contributed by atoms with van der Waals surface area (Å²) in [5.74, 6) is -2.26. The lowest BCUT2D eigenvalue weighted by atomic mass is 9.92. The van der Waals surface area contributed by atoms with E-state index in [1.165, 1.54) is 29.2 Å². The number of hydrogen-bond acceptors (Lipinski definition) is 3. The quantitative estimate of drug-likeness (QED) is 0.379. The third kappa shape index (κ3) is 3.18. The van der Waals surface area contributed by atoms with Crippen LogP contribution < -0.4 is 4.90 Å². The standard InChI is InChI=1S/C25H20FNO3/c1-15-7-3-5-9-19(15)22-21(23(28)17-11-13-18(26)14-12-17)24(29)25(30)27(22)20-10-6-4-8-16(20)2/h3-14,22,28H,1-2H3/b23-21+. The lowest BCUT2D eigenvalue weighted by molar-refractivity contribution is -0.132. The molecule has 5 heteroatoms. The molecule has 3 aromatic carbocycles. The van der Waals surface area contributed by atoms with Crippen LogP contribution in [0.4, 0.5) is 10.1 Å². The highest BCUT2D eigenvalue weighted by Crippen LogP contribution is 2.43. The number of ketones is 1. The van der Waals surface area contributed by atoms with Crippen LogP contribution in [0.3, 0.4) is 0 Å². The number of aliphatic hydroxyl groups is 1. The van der Waals surface area contributed by atoms with E-state index in [9.17, 15) is 19.1 Å². The van der Waals surface area contributed by atoms with Crippen molar-refractivity contribution < 1.29 is 19.1 Å². The number of aryl methyl sites for hydroxylation is 2. The van der Waals surface area contributed by atoms with Crippen LogP contribution >= 0.6 is 0 Å². The van der Waals surface area contributed by atoms with Crippen LogP contribution in [0.1, 0.15) is 28.3 Å². The molecule has 150 valence electrons. The van der Waals surface area contributed by atoms with Crippen molar-refractivity contribution in [2.75, 3.05) is 4.90 Å². The number of Topliss-reactive ketones (excluding diaryl/α,β-unsaturated/α-hetero) is 1. The van der Waals surface area contributed by atoms with Crippen LogP contribution in [0, 0.1) is 19.7 Å². The highest BCUT2D eigenvalue weighted by Gasteiger charge is 2.47. The highest BCUT2D eigenvalue weighted by molar-refractivity contribution is 6.51. The fourth-order valence-electron chi connectivity index (χ4n) is 3.87. The Hall–Kier alpha value is -3.73. The average Bonchev–Trinajstić information content (AvgIpc) is 2.99. The Morgan fingerprint density at radius 1 is 0.867 bits per heavy atom. The summed E-state index contributed by atoms with van der Waals surface area (Å²) in [5.41, 5.74) is 3.32. The number of amides is 1. The Bertz CT molecular complexity index is 1180. The predicted octanol–water partition coefficient (Wildman–Crippen LogP) is 5.07. The van der Waals surface area contributed by atoms with Gasteiger partial charge in [0, 0.05) is 11.3 Å². The molecule has 0 aliphatic carbocycles. The molecule has 4 rings (SSSR count). The molecule has 1 saturated heterocycles. The van der Waals surface area contributed by atoms with Crippen LogP contribution in [0.15, 0.2) is 78.4 Å². The number of rotatable bonds is 3. The van der Waals surface area contributed by atoms with Gasteiger partial charge in [0.15, 0.2) is 0 Å². The SMILES string of the molecule is Cc1ccccc1C1/C(=C(\O)c2ccc(F)cc2)C(=O)C(=O)N1c1ccccc1C. The first-order valence-corrected chi connectivity index (χ1v) is 9.58. The predicted molar refractivity (Wildman–Crippen MR) is 114 cm³/mol. The zero-order chi connectivity index (χ0) is 21.4. The second-order valence-corrected chi connectivity index (χ2v) is 7.32. The minimum atomic E-state index is -0.794. The van der Waals surface area contributed by atoms with E-state index in [-0.39, 0.29) is 16.9 Å². The minimum absolute atomic E-state index is 0.0100. The van der Waals surface area contributed by atoms with Crippen molar-refractivity contribution in [1.82, 2.24) is 0 Å². The number of carbonyl (C=O) groups is 2. The molecule has 0 saturated carbocycles. The Morgan fingerprint density at radius 3 is 2.10 bits per heavy atom. The molecule has 1 fully saturated rings. The lowest BCUT2D eigenvalue weighted by Crippen LogP contribution is -2.30. The Kier molecular flexibility index (Phi) is 4.96. The van der Waals surface area contributed by atoms with E-state index in [4.69, 9.17) is 0 Å². The molecule has 0 radical (unpaired) electrons. The van der Waals surface area contributed by atoms with Gasteiger partial charge >= 0.3 is 0 Å². The molecule has 30 heavy (non-hydrogen) atoms. The molecule has 0 spiro atoms. The molecule has 1 aliphatic rings. The van der Waals surface area contributed by atoms with Gasteiger partial charge in [0.2, 0.25) is 0 Å². The zero-order valence-corrected chi connectivity index (χ0v) is 16.6. The van der Waals surface area contributed by atoms with Gasteiger partial charge in [-0.15, -0.1) is 0 Å². The summed E-state index contributed by atoms with van der Waals surface area (Å²) in [5, 5.41) is 11.0. The van der Waals surface area contributed by atoms with Crippen molar-refractivity contribution in [3.63, 3.8) is 0 Å². The molecule has 1 N–H and O–H groups in total. The maximum absolute atomic E-state index is 13.4. The Labute approximate surface area is 173 Å². The van der Waals surface area contributed by atoms with E-state index in [1.807, 2.05) is 50.2 Å². The number of halogens is 1. The molecule has 0 aromatic heterocycles. The van der Waals surface area contributed by atoms with Crippen molar-refractivity contribution >= 4 is 23.1 Å². The zero-order valence-electron chi connectivity index (χ0n) is 16.6. The van der Waals surface area contributed by atoms with Crippen molar-refractivity contribution in [2.24, 2.45) is 0 Å². The second-order valence-electron chi connectivity index (χ2n) is 7.32. The van der Waals surface area contributed by atoms with E-state index >= 15 is 0 Å². The summed E-state index contributed by atoms with van der Waals surface area (Å²) >= 11 is 0. The summed E-state index contributed by atoms with van der Waals surface area (Å²) in [7, 11) is 0. The normalized spacial score (nSPS) is 18.1. The van der Waals surface area contributed by atoms with Crippen LogP contribution in [-0.2, 0) is 9.59 Å². The monoisotopic (exact) mass is 401 g/mol. The van der Waals surface area contributed by atoms with E-state index < -0.39 is 23.5 Å². The number of aliphatic hydroxyl groups excluding tert-OH is 1. The molecule has 1 unspecified atom stereocenters. The first-order valence-electron chi connectivity index (χ1n) is 9.58. The summed E-state index contributed by atoms with van der Waals surface area (Å²) in [6, 6.07) is 19.1. The van der Waals surface area contributed by atoms with Gasteiger partial charge in [0.05, 0.1) is 11.6 Å². The highest BCUT2D eigenvalue weighted by atomic mass is 19.1. The number of benzene rings is 3. The van der Waals surface area contributed by atoms with Crippen molar-refractivity contribution in [2.45, 2.75) is 19.9 Å².